The Morgan fingerprint density at radius 1 is 1.37 bits per heavy atom. The van der Waals surface area contributed by atoms with E-state index in [0.717, 1.165) is 11.4 Å². The molecule has 104 valence electrons. The fourth-order valence-electron chi connectivity index (χ4n) is 2.05. The second-order valence-corrected chi connectivity index (χ2v) is 5.40. The molecule has 0 aliphatic carbocycles. The molecule has 0 radical (unpaired) electrons. The van der Waals surface area contributed by atoms with Gasteiger partial charge in [0.15, 0.2) is 0 Å². The predicted molar refractivity (Wildman–Crippen MR) is 75.3 cm³/mol. The van der Waals surface area contributed by atoms with Gasteiger partial charge in [-0.25, -0.2) is 4.79 Å². The smallest absolute Gasteiger partial charge is 0.321 e. The van der Waals surface area contributed by atoms with Crippen LogP contribution in [-0.4, -0.2) is 36.7 Å². The highest BCUT2D eigenvalue weighted by molar-refractivity contribution is 5.90. The van der Waals surface area contributed by atoms with Crippen molar-refractivity contribution in [2.45, 2.75) is 19.4 Å². The summed E-state index contributed by atoms with van der Waals surface area (Å²) in [4.78, 5) is 13.7. The number of carbonyl (C=O) groups excluding carboxylic acids is 1. The van der Waals surface area contributed by atoms with Crippen molar-refractivity contribution in [3.05, 3.63) is 24.3 Å². The molecule has 19 heavy (non-hydrogen) atoms. The third-order valence-electron chi connectivity index (χ3n) is 3.75. The lowest BCUT2D eigenvalue weighted by Gasteiger charge is -2.50. The van der Waals surface area contributed by atoms with Gasteiger partial charge in [-0.1, -0.05) is 13.8 Å². The van der Waals surface area contributed by atoms with Crippen molar-refractivity contribution >= 4 is 11.7 Å². The zero-order valence-corrected chi connectivity index (χ0v) is 11.6. The fraction of sp³-hybridized carbons (Fsp3) is 0.500. The second-order valence-electron chi connectivity index (χ2n) is 5.40. The van der Waals surface area contributed by atoms with Gasteiger partial charge in [0.2, 0.25) is 0 Å². The van der Waals surface area contributed by atoms with Crippen LogP contribution in [0, 0.1) is 5.92 Å². The topological polar surface area (TPSA) is 67.6 Å². The summed E-state index contributed by atoms with van der Waals surface area (Å²) in [6.07, 6.45) is 0. The summed E-state index contributed by atoms with van der Waals surface area (Å²) in [6.45, 7) is 5.37. The van der Waals surface area contributed by atoms with E-state index in [1.807, 2.05) is 24.3 Å². The molecule has 5 heteroatoms. The van der Waals surface area contributed by atoms with Crippen LogP contribution in [-0.2, 0) is 0 Å². The number of amides is 2. The summed E-state index contributed by atoms with van der Waals surface area (Å²) in [6, 6.07) is 7.15. The molecule has 3 N–H and O–H groups in total. The number of nitrogens with one attached hydrogen (secondary N) is 1. The van der Waals surface area contributed by atoms with Gasteiger partial charge in [-0.15, -0.1) is 0 Å². The highest BCUT2D eigenvalue weighted by Crippen LogP contribution is 2.26. The van der Waals surface area contributed by atoms with Crippen LogP contribution in [0.3, 0.4) is 0 Å². The van der Waals surface area contributed by atoms with Crippen LogP contribution in [0.4, 0.5) is 10.5 Å². The lowest BCUT2D eigenvalue weighted by Crippen LogP contribution is -2.71. The summed E-state index contributed by atoms with van der Waals surface area (Å²) in [7, 11) is 1.61. The number of urea groups is 1. The van der Waals surface area contributed by atoms with Crippen molar-refractivity contribution < 1.29 is 9.53 Å². The van der Waals surface area contributed by atoms with Crippen molar-refractivity contribution in [3.63, 3.8) is 0 Å². The zero-order valence-electron chi connectivity index (χ0n) is 11.6. The largest absolute Gasteiger partial charge is 0.497 e. The van der Waals surface area contributed by atoms with Crippen LogP contribution < -0.4 is 15.8 Å². The number of nitrogens with zero attached hydrogens (tertiary/aromatic N) is 1. The van der Waals surface area contributed by atoms with Crippen molar-refractivity contribution in [1.29, 1.82) is 0 Å². The molecule has 0 unspecified atom stereocenters. The van der Waals surface area contributed by atoms with Crippen LogP contribution in [0.2, 0.25) is 0 Å². The first-order valence-corrected chi connectivity index (χ1v) is 6.43. The predicted octanol–water partition coefficient (Wildman–Crippen LogP) is 1.90. The second kappa shape index (κ2) is 5.09. The van der Waals surface area contributed by atoms with Crippen molar-refractivity contribution in [1.82, 2.24) is 4.90 Å². The van der Waals surface area contributed by atoms with Gasteiger partial charge in [-0.05, 0) is 30.2 Å². The van der Waals surface area contributed by atoms with E-state index in [2.05, 4.69) is 19.2 Å². The third kappa shape index (κ3) is 2.81. The summed E-state index contributed by atoms with van der Waals surface area (Å²) in [5.74, 6) is 1.14. The van der Waals surface area contributed by atoms with Gasteiger partial charge in [-0.3, -0.25) is 0 Å². The first kappa shape index (κ1) is 13.7. The summed E-state index contributed by atoms with van der Waals surface area (Å²) < 4.78 is 5.07. The lowest BCUT2D eigenvalue weighted by atomic mass is 9.80. The maximum Gasteiger partial charge on any atom is 0.321 e. The number of hydrogen-bond donors (Lipinski definition) is 2. The van der Waals surface area contributed by atoms with E-state index in [9.17, 15) is 4.79 Å². The molecular weight excluding hydrogens is 242 g/mol. The van der Waals surface area contributed by atoms with E-state index in [0.29, 0.717) is 19.0 Å². The van der Waals surface area contributed by atoms with Crippen LogP contribution >= 0.6 is 0 Å². The molecule has 0 saturated carbocycles. The number of hydrogen-bond acceptors (Lipinski definition) is 3. The van der Waals surface area contributed by atoms with Gasteiger partial charge in [0.05, 0.1) is 12.6 Å². The summed E-state index contributed by atoms with van der Waals surface area (Å²) >= 11 is 0. The van der Waals surface area contributed by atoms with Crippen LogP contribution in [0.25, 0.3) is 0 Å². The molecule has 1 saturated heterocycles. The molecule has 1 heterocycles. The maximum atomic E-state index is 12.0. The normalized spacial score (nSPS) is 17.0. The molecule has 0 aromatic heterocycles. The molecule has 1 aliphatic heterocycles. The SMILES string of the molecule is COc1ccc(NC(=O)N2CC(N)(C(C)C)C2)cc1. The molecular formula is C14H21N3O2. The molecule has 0 atom stereocenters. The Morgan fingerprint density at radius 2 is 1.95 bits per heavy atom. The molecule has 1 aliphatic rings. The molecule has 2 amide bonds. The molecule has 0 spiro atoms. The summed E-state index contributed by atoms with van der Waals surface area (Å²) in [5.41, 5.74) is 6.68. The summed E-state index contributed by atoms with van der Waals surface area (Å²) in [5, 5.41) is 2.85. The quantitative estimate of drug-likeness (QED) is 0.875. The number of ether oxygens (including phenoxy) is 1. The first-order valence-electron chi connectivity index (χ1n) is 6.43. The molecule has 1 aromatic rings. The van der Waals surface area contributed by atoms with Crippen molar-refractivity contribution in [3.8, 4) is 5.75 Å². The van der Waals surface area contributed by atoms with E-state index in [1.165, 1.54) is 0 Å². The monoisotopic (exact) mass is 263 g/mol. The van der Waals surface area contributed by atoms with E-state index in [4.69, 9.17) is 10.5 Å². The Kier molecular flexibility index (Phi) is 3.66. The molecule has 1 aromatic carbocycles. The van der Waals surface area contributed by atoms with Gasteiger partial charge in [0.25, 0.3) is 0 Å². The fourth-order valence-corrected chi connectivity index (χ4v) is 2.05. The molecule has 0 bridgehead atoms. The van der Waals surface area contributed by atoms with Crippen LogP contribution in [0.1, 0.15) is 13.8 Å². The Bertz CT molecular complexity index is 450. The molecule has 1 fully saturated rings. The van der Waals surface area contributed by atoms with Crippen LogP contribution in [0.5, 0.6) is 5.75 Å². The lowest BCUT2D eigenvalue weighted by molar-refractivity contribution is 0.0721. The van der Waals surface area contributed by atoms with Crippen LogP contribution in [0.15, 0.2) is 24.3 Å². The average Bonchev–Trinajstić information content (AvgIpc) is 2.35. The van der Waals surface area contributed by atoms with Gasteiger partial charge >= 0.3 is 6.03 Å². The zero-order chi connectivity index (χ0) is 14.0. The number of carbonyl (C=O) groups is 1. The minimum Gasteiger partial charge on any atom is -0.497 e. The number of methoxy groups -OCH3 is 1. The Balaban J connectivity index is 1.89. The van der Waals surface area contributed by atoms with E-state index in [1.54, 1.807) is 12.0 Å². The van der Waals surface area contributed by atoms with Crippen molar-refractivity contribution in [2.24, 2.45) is 11.7 Å². The average molecular weight is 263 g/mol. The van der Waals surface area contributed by atoms with Gasteiger partial charge in [0, 0.05) is 18.8 Å². The van der Waals surface area contributed by atoms with Gasteiger partial charge in [0.1, 0.15) is 5.75 Å². The highest BCUT2D eigenvalue weighted by Gasteiger charge is 2.44. The molecule has 5 nitrogen and oxygen atoms in total. The van der Waals surface area contributed by atoms with E-state index < -0.39 is 0 Å². The number of anilines is 1. The highest BCUT2D eigenvalue weighted by atomic mass is 16.5. The third-order valence-corrected chi connectivity index (χ3v) is 3.75. The minimum atomic E-state index is -0.239. The van der Waals surface area contributed by atoms with E-state index in [-0.39, 0.29) is 11.6 Å². The number of rotatable bonds is 3. The van der Waals surface area contributed by atoms with Gasteiger partial charge in [-0.2, -0.15) is 0 Å². The number of benzene rings is 1. The first-order chi connectivity index (χ1) is 8.94. The molecule has 2 rings (SSSR count). The number of likely N-dealkylation sites (tertiary alicyclic amines) is 1. The van der Waals surface area contributed by atoms with E-state index >= 15 is 0 Å². The Labute approximate surface area is 113 Å². The minimum absolute atomic E-state index is 0.105. The number of nitrogens with two attached hydrogens (primary N) is 1. The maximum absolute atomic E-state index is 12.0. The Morgan fingerprint density at radius 3 is 2.42 bits per heavy atom. The standard InChI is InChI=1S/C14H21N3O2/c1-10(2)14(15)8-17(9-14)13(18)16-11-4-6-12(19-3)7-5-11/h4-7,10H,8-9,15H2,1-3H3,(H,16,18). The van der Waals surface area contributed by atoms with Crippen molar-refractivity contribution in [2.75, 3.05) is 25.5 Å². The Hall–Kier alpha value is -1.75. The van der Waals surface area contributed by atoms with Gasteiger partial charge < -0.3 is 20.7 Å².